The second kappa shape index (κ2) is 8.95. The molecule has 1 aliphatic heterocycles. The van der Waals surface area contributed by atoms with Gasteiger partial charge in [0.15, 0.2) is 0 Å². The topological polar surface area (TPSA) is 101 Å². The van der Waals surface area contributed by atoms with Crippen molar-refractivity contribution in [2.24, 2.45) is 0 Å². The number of alkyl halides is 3. The molecule has 1 fully saturated rings. The molecule has 34 heavy (non-hydrogen) atoms. The summed E-state index contributed by atoms with van der Waals surface area (Å²) >= 11 is 0. The molecule has 0 N–H and O–H groups in total. The van der Waals surface area contributed by atoms with Crippen LogP contribution in [0.2, 0.25) is 0 Å². The van der Waals surface area contributed by atoms with E-state index in [2.05, 4.69) is 15.1 Å². The summed E-state index contributed by atoms with van der Waals surface area (Å²) in [6.07, 6.45) is -2.43. The minimum atomic E-state index is -4.54. The highest BCUT2D eigenvalue weighted by Crippen LogP contribution is 2.30. The summed E-state index contributed by atoms with van der Waals surface area (Å²) in [6.45, 7) is 4.29. The number of nitrogens with zero attached hydrogens (tertiary/aromatic N) is 6. The quantitative estimate of drug-likeness (QED) is 0.537. The standard InChI is InChI=1S/C21H23F3N6O3S/c1-14-18(15(2)30-20(27-14)25-13-26-30)7-8-19(31)28-9-11-29(12-10-28)34(32,33)17-5-3-16(4-6-17)21(22,23)24/h3-6,13H,7-12H2,1-2H3. The number of halogens is 3. The molecule has 0 spiro atoms. The van der Waals surface area contributed by atoms with Crippen molar-refractivity contribution >= 4 is 21.7 Å². The number of hydrogen-bond donors (Lipinski definition) is 0. The van der Waals surface area contributed by atoms with E-state index in [1.54, 1.807) is 9.42 Å². The van der Waals surface area contributed by atoms with E-state index < -0.39 is 21.8 Å². The zero-order valence-electron chi connectivity index (χ0n) is 18.6. The Kier molecular flexibility index (Phi) is 6.34. The third kappa shape index (κ3) is 4.62. The maximum atomic E-state index is 12.8. The van der Waals surface area contributed by atoms with Crippen molar-refractivity contribution in [3.8, 4) is 0 Å². The molecule has 1 amide bonds. The van der Waals surface area contributed by atoms with E-state index in [1.165, 1.54) is 10.6 Å². The third-order valence-corrected chi connectivity index (χ3v) is 7.90. The fourth-order valence-electron chi connectivity index (χ4n) is 4.05. The van der Waals surface area contributed by atoms with E-state index in [0.717, 1.165) is 41.2 Å². The Bertz CT molecular complexity index is 1310. The summed E-state index contributed by atoms with van der Waals surface area (Å²) in [5, 5.41) is 4.14. The lowest BCUT2D eigenvalue weighted by molar-refractivity contribution is -0.137. The van der Waals surface area contributed by atoms with Gasteiger partial charge in [-0.2, -0.15) is 27.6 Å². The Morgan fingerprint density at radius 3 is 2.32 bits per heavy atom. The van der Waals surface area contributed by atoms with Gasteiger partial charge >= 0.3 is 6.18 Å². The highest BCUT2D eigenvalue weighted by Gasteiger charge is 2.33. The lowest BCUT2D eigenvalue weighted by atomic mass is 10.1. The van der Waals surface area contributed by atoms with Crippen LogP contribution in [0.4, 0.5) is 13.2 Å². The maximum Gasteiger partial charge on any atom is 0.416 e. The largest absolute Gasteiger partial charge is 0.416 e. The Labute approximate surface area is 194 Å². The van der Waals surface area contributed by atoms with E-state index in [0.29, 0.717) is 12.2 Å². The molecule has 13 heteroatoms. The van der Waals surface area contributed by atoms with Crippen LogP contribution in [0.1, 0.15) is 28.9 Å². The second-order valence-electron chi connectivity index (χ2n) is 8.04. The fourth-order valence-corrected chi connectivity index (χ4v) is 5.47. The van der Waals surface area contributed by atoms with E-state index in [-0.39, 0.29) is 43.4 Å². The van der Waals surface area contributed by atoms with Gasteiger partial charge in [-0.15, -0.1) is 0 Å². The number of amides is 1. The van der Waals surface area contributed by atoms with Gasteiger partial charge in [-0.1, -0.05) is 0 Å². The SMILES string of the molecule is Cc1nc2ncnn2c(C)c1CCC(=O)N1CCN(S(=O)(=O)c2ccc(C(F)(F)F)cc2)CC1. The van der Waals surface area contributed by atoms with Gasteiger partial charge in [0.2, 0.25) is 15.9 Å². The van der Waals surface area contributed by atoms with E-state index in [9.17, 15) is 26.4 Å². The average Bonchev–Trinajstić information content (AvgIpc) is 3.27. The molecule has 1 aliphatic rings. The first kappa shape index (κ1) is 24.1. The fraction of sp³-hybridized carbons (Fsp3) is 0.429. The average molecular weight is 497 g/mol. The lowest BCUT2D eigenvalue weighted by Crippen LogP contribution is -2.50. The number of fused-ring (bicyclic) bond motifs is 1. The Morgan fingerprint density at radius 1 is 1.06 bits per heavy atom. The predicted octanol–water partition coefficient (Wildman–Crippen LogP) is 2.23. The predicted molar refractivity (Wildman–Crippen MR) is 115 cm³/mol. The maximum absolute atomic E-state index is 12.8. The number of rotatable bonds is 5. The van der Waals surface area contributed by atoms with Crippen LogP contribution in [0.25, 0.3) is 5.78 Å². The van der Waals surface area contributed by atoms with Crippen molar-refractivity contribution in [1.82, 2.24) is 28.8 Å². The first-order valence-corrected chi connectivity index (χ1v) is 12.0. The van der Waals surface area contributed by atoms with Gasteiger partial charge in [-0.05, 0) is 50.1 Å². The molecule has 0 radical (unpaired) electrons. The highest BCUT2D eigenvalue weighted by molar-refractivity contribution is 7.89. The molecule has 3 heterocycles. The van der Waals surface area contributed by atoms with Crippen LogP contribution >= 0.6 is 0 Å². The first-order chi connectivity index (χ1) is 16.0. The van der Waals surface area contributed by atoms with Crippen LogP contribution < -0.4 is 0 Å². The minimum absolute atomic E-state index is 0.0691. The number of sulfonamides is 1. The summed E-state index contributed by atoms with van der Waals surface area (Å²) in [5.74, 6) is 0.388. The molecular weight excluding hydrogens is 473 g/mol. The van der Waals surface area contributed by atoms with Crippen molar-refractivity contribution in [3.63, 3.8) is 0 Å². The number of carbonyl (C=O) groups excluding carboxylic acids is 1. The molecule has 3 aromatic rings. The number of aromatic nitrogens is 4. The monoisotopic (exact) mass is 496 g/mol. The Morgan fingerprint density at radius 2 is 1.71 bits per heavy atom. The molecule has 1 aromatic carbocycles. The van der Waals surface area contributed by atoms with Gasteiger partial charge in [-0.25, -0.2) is 17.9 Å². The molecule has 0 atom stereocenters. The van der Waals surface area contributed by atoms with Gasteiger partial charge in [0, 0.05) is 44.0 Å². The molecule has 182 valence electrons. The number of hydrogen-bond acceptors (Lipinski definition) is 6. The molecule has 0 unspecified atom stereocenters. The minimum Gasteiger partial charge on any atom is -0.340 e. The number of aryl methyl sites for hydroxylation is 2. The molecule has 2 aromatic heterocycles. The third-order valence-electron chi connectivity index (χ3n) is 5.99. The summed E-state index contributed by atoms with van der Waals surface area (Å²) in [6, 6.07) is 3.42. The molecular formula is C21H23F3N6O3S. The molecule has 0 aliphatic carbocycles. The first-order valence-electron chi connectivity index (χ1n) is 10.6. The Hall–Kier alpha value is -3.06. The number of piperazine rings is 1. The second-order valence-corrected chi connectivity index (χ2v) is 9.98. The summed E-state index contributed by atoms with van der Waals surface area (Å²) in [7, 11) is -3.95. The molecule has 0 bridgehead atoms. The summed E-state index contributed by atoms with van der Waals surface area (Å²) in [5.41, 5.74) is 1.64. The van der Waals surface area contributed by atoms with Crippen LogP contribution in [0, 0.1) is 13.8 Å². The smallest absolute Gasteiger partial charge is 0.340 e. The van der Waals surface area contributed by atoms with Crippen LogP contribution in [0.5, 0.6) is 0 Å². The molecule has 9 nitrogen and oxygen atoms in total. The molecule has 1 saturated heterocycles. The zero-order valence-corrected chi connectivity index (χ0v) is 19.4. The van der Waals surface area contributed by atoms with Crippen molar-refractivity contribution in [2.45, 2.75) is 37.8 Å². The van der Waals surface area contributed by atoms with Crippen molar-refractivity contribution < 1.29 is 26.4 Å². The van der Waals surface area contributed by atoms with E-state index in [4.69, 9.17) is 0 Å². The summed E-state index contributed by atoms with van der Waals surface area (Å²) < 4.78 is 66.7. The molecule has 0 saturated carbocycles. The van der Waals surface area contributed by atoms with Crippen LogP contribution in [0.15, 0.2) is 35.5 Å². The highest BCUT2D eigenvalue weighted by atomic mass is 32.2. The van der Waals surface area contributed by atoms with Crippen LogP contribution in [-0.4, -0.2) is 69.3 Å². The zero-order chi connectivity index (χ0) is 24.7. The van der Waals surface area contributed by atoms with Crippen molar-refractivity contribution in [3.05, 3.63) is 53.1 Å². The lowest BCUT2D eigenvalue weighted by Gasteiger charge is -2.34. The number of benzene rings is 1. The van der Waals surface area contributed by atoms with Crippen molar-refractivity contribution in [1.29, 1.82) is 0 Å². The summed E-state index contributed by atoms with van der Waals surface area (Å²) in [4.78, 5) is 22.6. The van der Waals surface area contributed by atoms with Crippen LogP contribution in [-0.2, 0) is 27.4 Å². The van der Waals surface area contributed by atoms with Gasteiger partial charge in [0.1, 0.15) is 6.33 Å². The van der Waals surface area contributed by atoms with Gasteiger partial charge in [0.25, 0.3) is 5.78 Å². The Balaban J connectivity index is 1.36. The van der Waals surface area contributed by atoms with Gasteiger partial charge < -0.3 is 4.90 Å². The normalized spacial score (nSPS) is 15.7. The van der Waals surface area contributed by atoms with E-state index >= 15 is 0 Å². The van der Waals surface area contributed by atoms with Crippen molar-refractivity contribution in [2.75, 3.05) is 26.2 Å². The number of carbonyl (C=O) groups is 1. The van der Waals surface area contributed by atoms with Gasteiger partial charge in [-0.3, -0.25) is 4.79 Å². The van der Waals surface area contributed by atoms with Crippen LogP contribution in [0.3, 0.4) is 0 Å². The van der Waals surface area contributed by atoms with Gasteiger partial charge in [0.05, 0.1) is 10.5 Å². The molecule has 4 rings (SSSR count). The van der Waals surface area contributed by atoms with E-state index in [1.807, 2.05) is 13.8 Å².